The average Bonchev–Trinajstić information content (AvgIpc) is 2.39. The molecule has 1 aliphatic heterocycles. The Hall–Kier alpha value is -0.990. The number of benzene rings is 1. The molecule has 106 valence electrons. The molecule has 1 saturated heterocycles. The van der Waals surface area contributed by atoms with Gasteiger partial charge in [0.05, 0.1) is 19.0 Å². The van der Waals surface area contributed by atoms with E-state index < -0.39 is 10.0 Å². The van der Waals surface area contributed by atoms with Crippen LogP contribution in [0.2, 0.25) is 0 Å². The number of sulfonamides is 1. The summed E-state index contributed by atoms with van der Waals surface area (Å²) in [7, 11) is -3.40. The molecule has 19 heavy (non-hydrogen) atoms. The molecule has 0 bridgehead atoms. The lowest BCUT2D eigenvalue weighted by Crippen LogP contribution is -2.48. The van der Waals surface area contributed by atoms with Crippen LogP contribution in [-0.4, -0.2) is 39.7 Å². The van der Waals surface area contributed by atoms with E-state index in [0.29, 0.717) is 32.8 Å². The zero-order chi connectivity index (χ0) is 13.7. The number of nitrogens with zero attached hydrogens (tertiary/aromatic N) is 1. The fraction of sp³-hybridized carbons (Fsp3) is 0.500. The molecule has 0 aliphatic carbocycles. The van der Waals surface area contributed by atoms with Gasteiger partial charge in [-0.25, -0.2) is 13.4 Å². The lowest BCUT2D eigenvalue weighted by atomic mass is 10.1. The van der Waals surface area contributed by atoms with Gasteiger partial charge in [-0.2, -0.15) is 0 Å². The van der Waals surface area contributed by atoms with Crippen LogP contribution in [0, 0.1) is 0 Å². The highest BCUT2D eigenvalue weighted by molar-refractivity contribution is 7.88. The maximum Gasteiger partial charge on any atom is 0.228 e. The van der Waals surface area contributed by atoms with E-state index in [0.717, 1.165) is 11.1 Å². The van der Waals surface area contributed by atoms with Crippen LogP contribution in [0.1, 0.15) is 11.1 Å². The minimum Gasteiger partial charge on any atom is -0.379 e. The SMILES string of the molecule is NCc1ccccc1CS(=O)(=O)NN1CCOCC1. The number of hydrogen-bond donors (Lipinski definition) is 2. The highest BCUT2D eigenvalue weighted by Gasteiger charge is 2.19. The predicted molar refractivity (Wildman–Crippen MR) is 72.5 cm³/mol. The van der Waals surface area contributed by atoms with E-state index in [2.05, 4.69) is 4.83 Å². The second kappa shape index (κ2) is 6.44. The average molecular weight is 285 g/mol. The molecule has 0 saturated carbocycles. The van der Waals surface area contributed by atoms with Gasteiger partial charge in [-0.3, -0.25) is 0 Å². The van der Waals surface area contributed by atoms with Crippen molar-refractivity contribution < 1.29 is 13.2 Å². The minimum atomic E-state index is -3.40. The fourth-order valence-corrected chi connectivity index (χ4v) is 3.32. The zero-order valence-corrected chi connectivity index (χ0v) is 11.5. The lowest BCUT2D eigenvalue weighted by molar-refractivity contribution is 0.0272. The van der Waals surface area contributed by atoms with Gasteiger partial charge < -0.3 is 10.5 Å². The Morgan fingerprint density at radius 3 is 2.47 bits per heavy atom. The second-order valence-electron chi connectivity index (χ2n) is 4.42. The molecule has 6 nitrogen and oxygen atoms in total. The van der Waals surface area contributed by atoms with E-state index in [-0.39, 0.29) is 5.75 Å². The molecule has 1 aromatic rings. The van der Waals surface area contributed by atoms with Crippen LogP contribution in [0.25, 0.3) is 0 Å². The van der Waals surface area contributed by atoms with Crippen LogP contribution in [0.15, 0.2) is 24.3 Å². The third-order valence-electron chi connectivity index (χ3n) is 2.96. The number of hydrogen-bond acceptors (Lipinski definition) is 5. The first-order valence-electron chi connectivity index (χ1n) is 6.20. The number of ether oxygens (including phenoxy) is 1. The summed E-state index contributed by atoms with van der Waals surface area (Å²) in [5.41, 5.74) is 7.21. The van der Waals surface area contributed by atoms with Crippen LogP contribution in [-0.2, 0) is 27.1 Å². The Morgan fingerprint density at radius 1 is 1.21 bits per heavy atom. The normalized spacial score (nSPS) is 17.5. The maximum absolute atomic E-state index is 12.1. The van der Waals surface area contributed by atoms with Gasteiger partial charge in [0, 0.05) is 19.6 Å². The van der Waals surface area contributed by atoms with Gasteiger partial charge in [0.15, 0.2) is 0 Å². The summed E-state index contributed by atoms with van der Waals surface area (Å²) >= 11 is 0. The van der Waals surface area contributed by atoms with Gasteiger partial charge >= 0.3 is 0 Å². The maximum atomic E-state index is 12.1. The van der Waals surface area contributed by atoms with Crippen LogP contribution in [0.5, 0.6) is 0 Å². The van der Waals surface area contributed by atoms with Crippen LogP contribution >= 0.6 is 0 Å². The van der Waals surface area contributed by atoms with Crippen molar-refractivity contribution >= 4 is 10.0 Å². The summed E-state index contributed by atoms with van der Waals surface area (Å²) in [6.45, 7) is 2.56. The van der Waals surface area contributed by atoms with Gasteiger partial charge in [-0.05, 0) is 11.1 Å². The summed E-state index contributed by atoms with van der Waals surface area (Å²) in [6.07, 6.45) is 0. The standard InChI is InChI=1S/C12H19N3O3S/c13-9-11-3-1-2-4-12(11)10-19(16,17)14-15-5-7-18-8-6-15/h1-4,14H,5-10,13H2. The molecule has 1 aliphatic rings. The summed E-state index contributed by atoms with van der Waals surface area (Å²) < 4.78 is 29.4. The van der Waals surface area contributed by atoms with E-state index in [9.17, 15) is 8.42 Å². The number of hydrazine groups is 1. The van der Waals surface area contributed by atoms with E-state index in [4.69, 9.17) is 10.5 Å². The van der Waals surface area contributed by atoms with Gasteiger partial charge in [0.25, 0.3) is 0 Å². The molecule has 0 unspecified atom stereocenters. The molecule has 0 spiro atoms. The molecule has 1 heterocycles. The third-order valence-corrected chi connectivity index (χ3v) is 4.19. The van der Waals surface area contributed by atoms with Crippen molar-refractivity contribution in [1.82, 2.24) is 9.84 Å². The van der Waals surface area contributed by atoms with Crippen molar-refractivity contribution in [3.63, 3.8) is 0 Å². The lowest BCUT2D eigenvalue weighted by Gasteiger charge is -2.26. The van der Waals surface area contributed by atoms with Gasteiger partial charge in [0.2, 0.25) is 10.0 Å². The molecule has 7 heteroatoms. The molecule has 1 aromatic carbocycles. The van der Waals surface area contributed by atoms with E-state index >= 15 is 0 Å². The van der Waals surface area contributed by atoms with E-state index in [1.165, 1.54) is 0 Å². The van der Waals surface area contributed by atoms with Crippen molar-refractivity contribution in [2.75, 3.05) is 26.3 Å². The first-order chi connectivity index (χ1) is 9.11. The Bertz CT molecular complexity index is 513. The van der Waals surface area contributed by atoms with Crippen molar-refractivity contribution in [1.29, 1.82) is 0 Å². The molecule has 1 fully saturated rings. The van der Waals surface area contributed by atoms with E-state index in [1.54, 1.807) is 11.1 Å². The summed E-state index contributed by atoms with van der Waals surface area (Å²) in [5, 5.41) is 1.67. The number of rotatable bonds is 5. The smallest absolute Gasteiger partial charge is 0.228 e. The van der Waals surface area contributed by atoms with Crippen LogP contribution in [0.4, 0.5) is 0 Å². The second-order valence-corrected chi connectivity index (χ2v) is 6.12. The first-order valence-corrected chi connectivity index (χ1v) is 7.85. The summed E-state index contributed by atoms with van der Waals surface area (Å²) in [4.78, 5) is 2.58. The Kier molecular flexibility index (Phi) is 4.89. The van der Waals surface area contributed by atoms with Crippen molar-refractivity contribution in [3.8, 4) is 0 Å². The summed E-state index contributed by atoms with van der Waals surface area (Å²) in [5.74, 6) is -0.0578. The third kappa shape index (κ3) is 4.26. The topological polar surface area (TPSA) is 84.7 Å². The molecule has 0 amide bonds. The largest absolute Gasteiger partial charge is 0.379 e. The fourth-order valence-electron chi connectivity index (χ4n) is 1.99. The van der Waals surface area contributed by atoms with Gasteiger partial charge in [0.1, 0.15) is 0 Å². The van der Waals surface area contributed by atoms with Crippen LogP contribution < -0.4 is 10.6 Å². The quantitative estimate of drug-likeness (QED) is 0.783. The number of nitrogens with one attached hydrogen (secondary N) is 1. The molecule has 0 aromatic heterocycles. The molecular weight excluding hydrogens is 266 g/mol. The summed E-state index contributed by atoms with van der Waals surface area (Å²) in [6, 6.07) is 7.31. The molecule has 0 radical (unpaired) electrons. The van der Waals surface area contributed by atoms with Crippen molar-refractivity contribution in [2.45, 2.75) is 12.3 Å². The Labute approximate surface area is 113 Å². The van der Waals surface area contributed by atoms with Gasteiger partial charge in [-0.1, -0.05) is 24.3 Å². The Morgan fingerprint density at radius 2 is 1.84 bits per heavy atom. The van der Waals surface area contributed by atoms with E-state index in [1.807, 2.05) is 18.2 Å². The minimum absolute atomic E-state index is 0.0578. The highest BCUT2D eigenvalue weighted by atomic mass is 32.2. The molecular formula is C12H19N3O3S. The number of nitrogens with two attached hydrogens (primary N) is 1. The monoisotopic (exact) mass is 285 g/mol. The Balaban J connectivity index is 2.03. The van der Waals surface area contributed by atoms with Crippen LogP contribution in [0.3, 0.4) is 0 Å². The molecule has 2 rings (SSSR count). The molecule has 3 N–H and O–H groups in total. The van der Waals surface area contributed by atoms with Crippen molar-refractivity contribution in [3.05, 3.63) is 35.4 Å². The first kappa shape index (κ1) is 14.4. The van der Waals surface area contributed by atoms with Gasteiger partial charge in [-0.15, -0.1) is 4.83 Å². The zero-order valence-electron chi connectivity index (χ0n) is 10.7. The number of morpholine rings is 1. The highest BCUT2D eigenvalue weighted by Crippen LogP contribution is 2.11. The molecule has 0 atom stereocenters. The van der Waals surface area contributed by atoms with Crippen molar-refractivity contribution in [2.24, 2.45) is 5.73 Å². The predicted octanol–water partition coefficient (Wildman–Crippen LogP) is -0.188.